The van der Waals surface area contributed by atoms with Crippen LogP contribution in [0.3, 0.4) is 0 Å². The van der Waals surface area contributed by atoms with Crippen molar-refractivity contribution in [3.8, 4) is 0 Å². The first-order valence-corrected chi connectivity index (χ1v) is 8.19. The van der Waals surface area contributed by atoms with E-state index in [1.54, 1.807) is 12.3 Å². The van der Waals surface area contributed by atoms with Crippen molar-refractivity contribution in [2.75, 3.05) is 11.9 Å². The lowest BCUT2D eigenvalue weighted by Crippen LogP contribution is -2.49. The molecule has 4 unspecified atom stereocenters. The number of pyridine rings is 1. The highest BCUT2D eigenvalue weighted by molar-refractivity contribution is 5.82. The molecule has 3 heterocycles. The van der Waals surface area contributed by atoms with E-state index in [1.807, 2.05) is 30.3 Å². The largest absolute Gasteiger partial charge is 0.380 e. The lowest BCUT2D eigenvalue weighted by Gasteiger charge is -2.29. The van der Waals surface area contributed by atoms with Gasteiger partial charge in [0, 0.05) is 30.0 Å². The van der Waals surface area contributed by atoms with Gasteiger partial charge in [-0.25, -0.2) is 4.39 Å². The van der Waals surface area contributed by atoms with Crippen LogP contribution in [-0.4, -0.2) is 29.5 Å². The van der Waals surface area contributed by atoms with Crippen LogP contribution in [-0.2, 0) is 4.79 Å². The Morgan fingerprint density at radius 3 is 2.83 bits per heavy atom. The number of aromatic nitrogens is 1. The minimum Gasteiger partial charge on any atom is -0.380 e. The normalized spacial score (nSPS) is 29.0. The summed E-state index contributed by atoms with van der Waals surface area (Å²) in [6.07, 6.45) is 3.65. The Morgan fingerprint density at radius 2 is 2.04 bits per heavy atom. The molecule has 4 atom stereocenters. The number of halogens is 1. The molecular formula is C18H19FN4O. The summed E-state index contributed by atoms with van der Waals surface area (Å²) in [5.74, 6) is -0.574. The van der Waals surface area contributed by atoms with Gasteiger partial charge in [0.1, 0.15) is 5.82 Å². The molecule has 5 nitrogen and oxygen atoms in total. The number of amides is 1. The third-order valence-electron chi connectivity index (χ3n) is 4.88. The fourth-order valence-corrected chi connectivity index (χ4v) is 3.79. The standard InChI is InChI=1S/C18H19FN4O/c19-13-10-20-8-6-12(13)16-17(22-11-4-2-1-3-5-11)15-14(23-16)7-9-21-18(15)24/h1-6,8,10,14-17,22-23H,7,9H2,(H,21,24). The smallest absolute Gasteiger partial charge is 0.226 e. The molecule has 6 heteroatoms. The molecule has 2 fully saturated rings. The number of piperidine rings is 1. The van der Waals surface area contributed by atoms with Crippen LogP contribution in [0.25, 0.3) is 0 Å². The molecule has 0 bridgehead atoms. The Balaban J connectivity index is 1.71. The van der Waals surface area contributed by atoms with E-state index in [9.17, 15) is 9.18 Å². The number of hydrogen-bond donors (Lipinski definition) is 3. The molecule has 1 aromatic carbocycles. The van der Waals surface area contributed by atoms with Gasteiger partial charge in [0.05, 0.1) is 24.2 Å². The van der Waals surface area contributed by atoms with Crippen LogP contribution in [0.4, 0.5) is 10.1 Å². The van der Waals surface area contributed by atoms with Gasteiger partial charge in [-0.1, -0.05) is 18.2 Å². The molecule has 1 aromatic heterocycles. The third-order valence-corrected chi connectivity index (χ3v) is 4.88. The minimum absolute atomic E-state index is 0.0177. The highest BCUT2D eigenvalue weighted by Crippen LogP contribution is 2.37. The zero-order valence-electron chi connectivity index (χ0n) is 13.1. The number of para-hydroxylation sites is 1. The number of hydrogen-bond acceptors (Lipinski definition) is 4. The Kier molecular flexibility index (Phi) is 3.90. The first-order chi connectivity index (χ1) is 11.7. The summed E-state index contributed by atoms with van der Waals surface area (Å²) in [4.78, 5) is 16.3. The van der Waals surface area contributed by atoms with Gasteiger partial charge in [-0.05, 0) is 24.6 Å². The number of carbonyl (C=O) groups excluding carboxylic acids is 1. The molecule has 4 rings (SSSR count). The summed E-state index contributed by atoms with van der Waals surface area (Å²) in [6, 6.07) is 10.9. The molecule has 0 aliphatic carbocycles. The van der Waals surface area contributed by atoms with Gasteiger partial charge in [0.2, 0.25) is 5.91 Å². The van der Waals surface area contributed by atoms with Crippen molar-refractivity contribution in [2.45, 2.75) is 24.5 Å². The average Bonchev–Trinajstić information content (AvgIpc) is 2.96. The lowest BCUT2D eigenvalue weighted by molar-refractivity contribution is -0.126. The molecule has 2 saturated heterocycles. The van der Waals surface area contributed by atoms with E-state index in [0.29, 0.717) is 12.1 Å². The number of anilines is 1. The monoisotopic (exact) mass is 326 g/mol. The zero-order chi connectivity index (χ0) is 16.5. The van der Waals surface area contributed by atoms with E-state index in [4.69, 9.17) is 0 Å². The molecule has 0 saturated carbocycles. The second-order valence-corrected chi connectivity index (χ2v) is 6.29. The lowest BCUT2D eigenvalue weighted by atomic mass is 9.87. The summed E-state index contributed by atoms with van der Waals surface area (Å²) >= 11 is 0. The Labute approximate surface area is 139 Å². The highest BCUT2D eigenvalue weighted by Gasteiger charge is 2.49. The van der Waals surface area contributed by atoms with Gasteiger partial charge < -0.3 is 16.0 Å². The van der Waals surface area contributed by atoms with E-state index < -0.39 is 0 Å². The first-order valence-electron chi connectivity index (χ1n) is 8.19. The predicted molar refractivity (Wildman–Crippen MR) is 88.8 cm³/mol. The number of nitrogens with one attached hydrogen (secondary N) is 3. The SMILES string of the molecule is O=C1NCCC2NC(c3ccncc3F)C(Nc3ccccc3)C12. The van der Waals surface area contributed by atoms with Crippen LogP contribution in [0.15, 0.2) is 48.8 Å². The molecule has 24 heavy (non-hydrogen) atoms. The van der Waals surface area contributed by atoms with Crippen molar-refractivity contribution in [1.82, 2.24) is 15.6 Å². The number of rotatable bonds is 3. The summed E-state index contributed by atoms with van der Waals surface area (Å²) in [7, 11) is 0. The molecule has 2 aromatic rings. The van der Waals surface area contributed by atoms with Crippen LogP contribution in [0, 0.1) is 11.7 Å². The maximum atomic E-state index is 14.3. The predicted octanol–water partition coefficient (Wildman–Crippen LogP) is 1.85. The highest BCUT2D eigenvalue weighted by atomic mass is 19.1. The fraction of sp³-hybridized carbons (Fsp3) is 0.333. The van der Waals surface area contributed by atoms with Crippen molar-refractivity contribution >= 4 is 11.6 Å². The van der Waals surface area contributed by atoms with Gasteiger partial charge in [0.25, 0.3) is 0 Å². The second-order valence-electron chi connectivity index (χ2n) is 6.29. The van der Waals surface area contributed by atoms with Crippen molar-refractivity contribution in [1.29, 1.82) is 0 Å². The van der Waals surface area contributed by atoms with E-state index >= 15 is 0 Å². The Hall–Kier alpha value is -2.47. The molecule has 1 amide bonds. The molecule has 0 radical (unpaired) electrons. The van der Waals surface area contributed by atoms with Crippen LogP contribution in [0.2, 0.25) is 0 Å². The van der Waals surface area contributed by atoms with E-state index in [1.165, 1.54) is 6.20 Å². The van der Waals surface area contributed by atoms with Crippen molar-refractivity contribution < 1.29 is 9.18 Å². The fourth-order valence-electron chi connectivity index (χ4n) is 3.79. The average molecular weight is 326 g/mol. The van der Waals surface area contributed by atoms with E-state index in [0.717, 1.165) is 12.1 Å². The summed E-state index contributed by atoms with van der Waals surface area (Å²) in [5.41, 5.74) is 1.46. The molecule has 124 valence electrons. The van der Waals surface area contributed by atoms with Crippen LogP contribution >= 0.6 is 0 Å². The minimum atomic E-state index is -0.353. The van der Waals surface area contributed by atoms with Crippen LogP contribution in [0.1, 0.15) is 18.0 Å². The van der Waals surface area contributed by atoms with Gasteiger partial charge in [0.15, 0.2) is 0 Å². The Morgan fingerprint density at radius 1 is 1.21 bits per heavy atom. The van der Waals surface area contributed by atoms with Gasteiger partial charge in [-0.2, -0.15) is 0 Å². The number of benzene rings is 1. The molecule has 3 N–H and O–H groups in total. The summed E-state index contributed by atoms with van der Waals surface area (Å²) in [5, 5.41) is 9.83. The summed E-state index contributed by atoms with van der Waals surface area (Å²) < 4.78 is 14.3. The van der Waals surface area contributed by atoms with Crippen molar-refractivity contribution in [3.05, 3.63) is 60.2 Å². The molecule has 2 aliphatic heterocycles. The number of carbonyl (C=O) groups is 1. The molecule has 2 aliphatic rings. The van der Waals surface area contributed by atoms with Crippen molar-refractivity contribution in [3.63, 3.8) is 0 Å². The van der Waals surface area contributed by atoms with Crippen LogP contribution in [0.5, 0.6) is 0 Å². The quantitative estimate of drug-likeness (QED) is 0.805. The van der Waals surface area contributed by atoms with Gasteiger partial charge >= 0.3 is 0 Å². The Bertz CT molecular complexity index is 739. The van der Waals surface area contributed by atoms with Crippen LogP contribution < -0.4 is 16.0 Å². The summed E-state index contributed by atoms with van der Waals surface area (Å²) in [6.45, 7) is 0.649. The topological polar surface area (TPSA) is 66.0 Å². The maximum absolute atomic E-state index is 14.3. The van der Waals surface area contributed by atoms with Gasteiger partial charge in [-0.3, -0.25) is 9.78 Å². The van der Waals surface area contributed by atoms with E-state index in [-0.39, 0.29) is 35.8 Å². The first kappa shape index (κ1) is 15.1. The van der Waals surface area contributed by atoms with E-state index in [2.05, 4.69) is 20.9 Å². The zero-order valence-corrected chi connectivity index (χ0v) is 13.1. The number of nitrogens with zero attached hydrogens (tertiary/aromatic N) is 1. The van der Waals surface area contributed by atoms with Gasteiger partial charge in [-0.15, -0.1) is 0 Å². The molecule has 0 spiro atoms. The van der Waals surface area contributed by atoms with Crippen molar-refractivity contribution in [2.24, 2.45) is 5.92 Å². The third kappa shape index (κ3) is 2.63. The second kappa shape index (κ2) is 6.20. The number of fused-ring (bicyclic) bond motifs is 1. The molecular weight excluding hydrogens is 307 g/mol. The maximum Gasteiger partial charge on any atom is 0.226 e.